The highest BCUT2D eigenvalue weighted by atomic mass is 32.2. The minimum absolute atomic E-state index is 0.0203. The Morgan fingerprint density at radius 3 is 2.35 bits per heavy atom. The number of unbranched alkanes of at least 4 members (excludes halogenated alkanes) is 4. The first kappa shape index (κ1) is 52.4. The van der Waals surface area contributed by atoms with Crippen LogP contribution in [0.4, 0.5) is 5.82 Å². The Morgan fingerprint density at radius 1 is 0.952 bits per heavy atom. The number of aryl methyl sites for hydroxylation is 1. The molecule has 2 unspecified atom stereocenters. The number of phosphoric acid groups is 3. The topological polar surface area (TPSA) is 375 Å². The summed E-state index contributed by atoms with van der Waals surface area (Å²) >= 11 is 1.12. The van der Waals surface area contributed by atoms with Crippen LogP contribution in [0.5, 0.6) is 0 Å². The number of nitrogen functional groups attached to an aromatic ring is 1. The van der Waals surface area contributed by atoms with Crippen LogP contribution < -0.4 is 35.9 Å². The number of ether oxygens (including phenoxy) is 1. The zero-order chi connectivity index (χ0) is 46.4. The normalized spacial score (nSPS) is 20.5. The minimum Gasteiger partial charge on any atom is -0.790 e. The molecular weight excluding hydrogens is 915 g/mol. The van der Waals surface area contributed by atoms with Crippen LogP contribution in [0.3, 0.4) is 0 Å². The number of amides is 2. The second-order valence-corrected chi connectivity index (χ2v) is 20.2. The van der Waals surface area contributed by atoms with Crippen LogP contribution in [-0.2, 0) is 57.1 Å². The predicted octanol–water partition coefficient (Wildman–Crippen LogP) is -0.280. The molecule has 1 saturated heterocycles. The number of nitrogens with two attached hydrogens (primary N) is 1. The van der Waals surface area contributed by atoms with E-state index in [2.05, 4.69) is 55.6 Å². The quantitative estimate of drug-likeness (QED) is 0.0484. The molecule has 0 aliphatic carbocycles. The van der Waals surface area contributed by atoms with Crippen LogP contribution >= 0.6 is 35.2 Å². The van der Waals surface area contributed by atoms with Crippen molar-refractivity contribution in [2.24, 2.45) is 5.41 Å². The molecule has 0 bridgehead atoms. The average Bonchev–Trinajstić information content (AvgIpc) is 3.77. The summed E-state index contributed by atoms with van der Waals surface area (Å²) in [7, 11) is -17.6. The summed E-state index contributed by atoms with van der Waals surface area (Å²) in [6, 6.07) is 10.3. The van der Waals surface area contributed by atoms with Crippen LogP contribution in [0.1, 0.15) is 70.6 Å². The number of nitrogens with one attached hydrogen (secondary N) is 2. The molecule has 1 aromatic carbocycles. The molecule has 2 amide bonds. The molecule has 3 heterocycles. The van der Waals surface area contributed by atoms with E-state index in [4.69, 9.17) is 10.5 Å². The second kappa shape index (κ2) is 23.8. The van der Waals surface area contributed by atoms with Gasteiger partial charge in [0, 0.05) is 37.1 Å². The number of hydrogen-bond donors (Lipinski definition) is 5. The van der Waals surface area contributed by atoms with Crippen molar-refractivity contribution < 1.29 is 80.5 Å². The average molecular weight is 966 g/mol. The van der Waals surface area contributed by atoms with Gasteiger partial charge in [-0.3, -0.25) is 28.1 Å². The van der Waals surface area contributed by atoms with Gasteiger partial charge < -0.3 is 69.0 Å². The van der Waals surface area contributed by atoms with E-state index in [1.54, 1.807) is 0 Å². The van der Waals surface area contributed by atoms with Gasteiger partial charge in [-0.15, -0.1) is 0 Å². The van der Waals surface area contributed by atoms with Gasteiger partial charge in [-0.05, 0) is 24.8 Å². The number of hydrogen-bond acceptors (Lipinski definition) is 22. The third kappa shape index (κ3) is 17.3. The highest BCUT2D eigenvalue weighted by molar-refractivity contribution is 8.13. The van der Waals surface area contributed by atoms with Crippen LogP contribution in [0.2, 0.25) is 0 Å². The summed E-state index contributed by atoms with van der Waals surface area (Å²) < 4.78 is 60.7. The van der Waals surface area contributed by atoms with Crippen molar-refractivity contribution in [2.75, 3.05) is 37.8 Å². The minimum atomic E-state index is -5.92. The first-order valence-corrected chi connectivity index (χ1v) is 25.0. The Kier molecular flexibility index (Phi) is 19.8. The van der Waals surface area contributed by atoms with Gasteiger partial charge in [0.25, 0.3) is 15.6 Å². The van der Waals surface area contributed by atoms with E-state index in [0.29, 0.717) is 12.2 Å². The molecule has 63 heavy (non-hydrogen) atoms. The molecule has 28 heteroatoms. The summed E-state index contributed by atoms with van der Waals surface area (Å²) in [5.74, 6) is -1.16. The zero-order valence-corrected chi connectivity index (χ0v) is 37.8. The largest absolute Gasteiger partial charge is 0.790 e. The number of carbonyl (C=O) groups excluding carboxylic acids is 3. The van der Waals surface area contributed by atoms with Gasteiger partial charge in [0.2, 0.25) is 11.8 Å². The number of aliphatic hydroxyl groups is 2. The lowest BCUT2D eigenvalue weighted by Gasteiger charge is -2.36. The Balaban J connectivity index is 1.13. The molecule has 1 aliphatic rings. The van der Waals surface area contributed by atoms with Crippen molar-refractivity contribution in [1.29, 1.82) is 0 Å². The lowest BCUT2D eigenvalue weighted by atomic mass is 9.87. The molecule has 2 aromatic heterocycles. The van der Waals surface area contributed by atoms with E-state index in [9.17, 15) is 57.9 Å². The summed E-state index contributed by atoms with van der Waals surface area (Å²) in [4.78, 5) is 96.6. The fourth-order valence-corrected chi connectivity index (χ4v) is 9.57. The molecule has 1 aliphatic heterocycles. The van der Waals surface area contributed by atoms with Gasteiger partial charge in [-0.2, -0.15) is 0 Å². The smallest absolute Gasteiger partial charge is 0.274 e. The van der Waals surface area contributed by atoms with Crippen LogP contribution in [-0.4, -0.2) is 103 Å². The summed E-state index contributed by atoms with van der Waals surface area (Å²) in [6.07, 6.45) is -1.07. The molecule has 0 saturated carbocycles. The highest BCUT2D eigenvalue weighted by Gasteiger charge is 2.47. The number of imidazole rings is 1. The van der Waals surface area contributed by atoms with Crippen molar-refractivity contribution in [3.63, 3.8) is 0 Å². The van der Waals surface area contributed by atoms with E-state index in [1.807, 2.05) is 18.2 Å². The van der Waals surface area contributed by atoms with E-state index in [0.717, 1.165) is 67.5 Å². The molecule has 7 atom stereocenters. The number of carbonyl (C=O) groups is 3. The third-order valence-corrected chi connectivity index (χ3v) is 13.4. The van der Waals surface area contributed by atoms with Crippen LogP contribution in [0.25, 0.3) is 11.2 Å². The maximum absolute atomic E-state index is 12.6. The number of aliphatic hydroxyl groups excluding tert-OH is 2. The SMILES string of the molecule is CC(C)(COP(=O)([O-])OP(=O)([O-])OC[C@H]1O[C@@H](n2cnc3c(N)ncnc32)[C@H](O)[C@@H]1OP(=O)([O-])[O-])[C@@H](O)C(=O)NCCC(=O)NCCSC(=O)CCCCCCCc1ccccc1. The van der Waals surface area contributed by atoms with Crippen molar-refractivity contribution in [3.8, 4) is 0 Å². The maximum Gasteiger partial charge on any atom is 0.274 e. The number of anilines is 1. The lowest BCUT2D eigenvalue weighted by Crippen LogP contribution is -2.46. The maximum atomic E-state index is 12.6. The number of nitrogens with zero attached hydrogens (tertiary/aromatic N) is 4. The number of thioether (sulfide) groups is 1. The van der Waals surface area contributed by atoms with Gasteiger partial charge in [0.1, 0.15) is 36.3 Å². The van der Waals surface area contributed by atoms with E-state index in [1.165, 1.54) is 19.4 Å². The molecular formula is C35H50N7O17P3S-4. The Morgan fingerprint density at radius 2 is 1.63 bits per heavy atom. The van der Waals surface area contributed by atoms with E-state index >= 15 is 0 Å². The van der Waals surface area contributed by atoms with Crippen molar-refractivity contribution in [2.45, 2.75) is 95.9 Å². The standard InChI is InChI=1S/C35H54N7O17P3S/c1-35(2,30(46)33(47)38-16-15-25(43)37-17-18-63-26(44)14-10-5-3-4-7-11-23-12-8-6-9-13-23)20-56-62(53,54)59-61(51,52)55-19-24-29(58-60(48,49)50)28(45)34(57-24)42-22-41-27-31(36)39-21-40-32(27)42/h6,8-9,12-13,21-22,24,28-30,34,45-46H,3-5,7,10-11,14-20H2,1-2H3,(H,37,43)(H,38,47)(H,51,52)(H,53,54)(H2,36,39,40)(H2,48,49,50)/p-4/t24-,28-,29-,30+,34-/m1/s1. The van der Waals surface area contributed by atoms with Crippen molar-refractivity contribution >= 4 is 69.1 Å². The van der Waals surface area contributed by atoms with Gasteiger partial charge in [0.15, 0.2) is 22.8 Å². The number of fused-ring (bicyclic) bond motifs is 1. The number of aromatic nitrogens is 4. The Labute approximate surface area is 366 Å². The van der Waals surface area contributed by atoms with Gasteiger partial charge >= 0.3 is 0 Å². The van der Waals surface area contributed by atoms with Crippen molar-refractivity contribution in [1.82, 2.24) is 30.2 Å². The van der Waals surface area contributed by atoms with Gasteiger partial charge in [-0.1, -0.05) is 75.2 Å². The molecule has 0 radical (unpaired) electrons. The third-order valence-electron chi connectivity index (χ3n) is 9.43. The summed E-state index contributed by atoms with van der Waals surface area (Å²) in [6.45, 7) is 0.144. The number of rotatable bonds is 27. The Bertz CT molecular complexity index is 2130. The Hall–Kier alpha value is -3.22. The first-order chi connectivity index (χ1) is 29.6. The summed E-state index contributed by atoms with van der Waals surface area (Å²) in [5.41, 5.74) is 5.40. The monoisotopic (exact) mass is 965 g/mol. The first-order valence-electron chi connectivity index (χ1n) is 19.6. The molecule has 24 nitrogen and oxygen atoms in total. The second-order valence-electron chi connectivity index (χ2n) is 15.0. The zero-order valence-electron chi connectivity index (χ0n) is 34.3. The molecule has 4 rings (SSSR count). The van der Waals surface area contributed by atoms with Crippen molar-refractivity contribution in [3.05, 3.63) is 48.5 Å². The van der Waals surface area contributed by atoms with Crippen LogP contribution in [0, 0.1) is 5.41 Å². The van der Waals surface area contributed by atoms with Gasteiger partial charge in [-0.25, -0.2) is 19.3 Å². The van der Waals surface area contributed by atoms with Crippen LogP contribution in [0.15, 0.2) is 43.0 Å². The lowest BCUT2D eigenvalue weighted by molar-refractivity contribution is -0.347. The summed E-state index contributed by atoms with van der Waals surface area (Å²) in [5, 5.41) is 26.4. The number of phosphoric ester groups is 3. The molecule has 3 aromatic rings. The fraction of sp³-hybridized carbons (Fsp3) is 0.600. The molecule has 1 fully saturated rings. The molecule has 6 N–H and O–H groups in total. The molecule has 0 spiro atoms. The highest BCUT2D eigenvalue weighted by Crippen LogP contribution is 2.56. The predicted molar refractivity (Wildman–Crippen MR) is 216 cm³/mol. The van der Waals surface area contributed by atoms with Gasteiger partial charge in [0.05, 0.1) is 27.4 Å². The number of benzene rings is 1. The van der Waals surface area contributed by atoms with E-state index in [-0.39, 0.29) is 41.6 Å². The van der Waals surface area contributed by atoms with E-state index < -0.39 is 84.6 Å². The molecule has 352 valence electrons. The fourth-order valence-electron chi connectivity index (χ4n) is 6.12.